The molecule has 1 aromatic carbocycles. The molecule has 1 atom stereocenters. The zero-order valence-electron chi connectivity index (χ0n) is 12.8. The lowest BCUT2D eigenvalue weighted by Gasteiger charge is -2.21. The molecule has 7 heteroatoms. The Morgan fingerprint density at radius 3 is 2.41 bits per heavy atom. The van der Waals surface area contributed by atoms with Gasteiger partial charge >= 0.3 is 6.09 Å². The van der Waals surface area contributed by atoms with E-state index < -0.39 is 35.2 Å². The van der Waals surface area contributed by atoms with Gasteiger partial charge in [-0.1, -0.05) is 6.07 Å². The summed E-state index contributed by atoms with van der Waals surface area (Å²) in [6.45, 7) is 5.07. The van der Waals surface area contributed by atoms with Crippen molar-refractivity contribution < 1.29 is 23.1 Å². The van der Waals surface area contributed by atoms with Crippen LogP contribution in [0.5, 0.6) is 0 Å². The molecule has 0 bridgehead atoms. The van der Waals surface area contributed by atoms with Crippen molar-refractivity contribution in [1.82, 2.24) is 5.32 Å². The number of nitrogens with two attached hydrogens (primary N) is 1. The van der Waals surface area contributed by atoms with Crippen molar-refractivity contribution in [3.05, 3.63) is 35.4 Å². The minimum Gasteiger partial charge on any atom is -0.444 e. The molecule has 0 unspecified atom stereocenters. The molecule has 0 heterocycles. The number of hydrogen-bond donors (Lipinski definition) is 2. The van der Waals surface area contributed by atoms with Crippen molar-refractivity contribution >= 4 is 12.0 Å². The summed E-state index contributed by atoms with van der Waals surface area (Å²) in [5.41, 5.74) is 5.02. The number of nitrogens with one attached hydrogen (secondary N) is 1. The zero-order valence-corrected chi connectivity index (χ0v) is 12.8. The van der Waals surface area contributed by atoms with Gasteiger partial charge in [0, 0.05) is 6.54 Å². The Kier molecular flexibility index (Phi) is 5.84. The van der Waals surface area contributed by atoms with Crippen molar-refractivity contribution in [2.24, 2.45) is 11.7 Å². The average molecular weight is 314 g/mol. The van der Waals surface area contributed by atoms with Crippen LogP contribution in [0, 0.1) is 17.6 Å². The summed E-state index contributed by atoms with van der Waals surface area (Å²) in [5, 5.41) is 2.44. The van der Waals surface area contributed by atoms with Crippen molar-refractivity contribution in [2.45, 2.75) is 32.8 Å². The second kappa shape index (κ2) is 7.20. The molecule has 3 N–H and O–H groups in total. The van der Waals surface area contributed by atoms with E-state index in [9.17, 15) is 18.4 Å². The Bertz CT molecular complexity index is 556. The lowest BCUT2D eigenvalue weighted by Crippen LogP contribution is -2.39. The van der Waals surface area contributed by atoms with E-state index in [0.717, 1.165) is 12.1 Å². The Hall–Kier alpha value is -2.18. The minimum absolute atomic E-state index is 0.0523. The maximum atomic E-state index is 13.1. The number of carbonyl (C=O) groups excluding carboxylic acids is 2. The quantitative estimate of drug-likeness (QED) is 0.873. The lowest BCUT2D eigenvalue weighted by atomic mass is 9.98. The lowest BCUT2D eigenvalue weighted by molar-refractivity contribution is -0.121. The molecule has 0 aromatic heterocycles. The highest BCUT2D eigenvalue weighted by Crippen LogP contribution is 2.13. The van der Waals surface area contributed by atoms with Crippen molar-refractivity contribution in [1.29, 1.82) is 0 Å². The normalized spacial score (nSPS) is 12.6. The van der Waals surface area contributed by atoms with Crippen molar-refractivity contribution in [3.8, 4) is 0 Å². The fourth-order valence-electron chi connectivity index (χ4n) is 1.75. The summed E-state index contributed by atoms with van der Waals surface area (Å²) in [7, 11) is 0. The summed E-state index contributed by atoms with van der Waals surface area (Å²) in [4.78, 5) is 23.0. The first kappa shape index (κ1) is 17.9. The van der Waals surface area contributed by atoms with Gasteiger partial charge in [-0.25, -0.2) is 13.6 Å². The monoisotopic (exact) mass is 314 g/mol. The Labute approximate surface area is 127 Å². The second-order valence-corrected chi connectivity index (χ2v) is 5.93. The summed E-state index contributed by atoms with van der Waals surface area (Å²) in [6.07, 6.45) is -0.591. The molecule has 0 saturated heterocycles. The Balaban J connectivity index is 2.64. The van der Waals surface area contributed by atoms with Crippen LogP contribution in [-0.4, -0.2) is 24.1 Å². The number of halogens is 2. The summed E-state index contributed by atoms with van der Waals surface area (Å²) < 4.78 is 31.1. The van der Waals surface area contributed by atoms with Crippen LogP contribution >= 0.6 is 0 Å². The summed E-state index contributed by atoms with van der Waals surface area (Å²) in [6, 6.07) is 3.34. The number of rotatable bonds is 5. The topological polar surface area (TPSA) is 81.4 Å². The van der Waals surface area contributed by atoms with Crippen molar-refractivity contribution in [3.63, 3.8) is 0 Å². The average Bonchev–Trinajstić information content (AvgIpc) is 2.36. The molecule has 5 nitrogen and oxygen atoms in total. The molecule has 0 saturated carbocycles. The van der Waals surface area contributed by atoms with Gasteiger partial charge in [0.05, 0.1) is 5.92 Å². The number of alkyl carbamates (subject to hydrolysis) is 1. The maximum absolute atomic E-state index is 13.1. The van der Waals surface area contributed by atoms with Gasteiger partial charge in [0.25, 0.3) is 0 Å². The van der Waals surface area contributed by atoms with Gasteiger partial charge in [0.15, 0.2) is 11.6 Å². The number of primary amides is 1. The van der Waals surface area contributed by atoms with Crippen LogP contribution in [0.4, 0.5) is 13.6 Å². The Morgan fingerprint density at radius 2 is 1.91 bits per heavy atom. The van der Waals surface area contributed by atoms with Crippen LogP contribution in [-0.2, 0) is 16.0 Å². The molecule has 0 spiro atoms. The molecular formula is C15H20F2N2O3. The highest BCUT2D eigenvalue weighted by molar-refractivity contribution is 5.78. The molecule has 1 aromatic rings. The number of amides is 2. The van der Waals surface area contributed by atoms with E-state index in [0.29, 0.717) is 5.56 Å². The van der Waals surface area contributed by atoms with Gasteiger partial charge in [0.1, 0.15) is 5.60 Å². The fourth-order valence-corrected chi connectivity index (χ4v) is 1.75. The molecule has 1 rings (SSSR count). The molecule has 22 heavy (non-hydrogen) atoms. The Morgan fingerprint density at radius 1 is 1.27 bits per heavy atom. The van der Waals surface area contributed by atoms with Crippen LogP contribution in [0.2, 0.25) is 0 Å². The third-order valence-corrected chi connectivity index (χ3v) is 2.76. The van der Waals surface area contributed by atoms with E-state index in [2.05, 4.69) is 5.32 Å². The van der Waals surface area contributed by atoms with E-state index in [4.69, 9.17) is 10.5 Å². The van der Waals surface area contributed by atoms with Crippen LogP contribution in [0.15, 0.2) is 18.2 Å². The van der Waals surface area contributed by atoms with Crippen LogP contribution in [0.1, 0.15) is 26.3 Å². The standard InChI is InChI=1S/C15H20F2N2O3/c1-15(2,3)22-14(21)19-8-10(13(18)20)6-9-4-5-11(16)12(17)7-9/h4-5,7,10H,6,8H2,1-3H3,(H2,18,20)(H,19,21)/t10-/m0/s1. The molecule has 122 valence electrons. The molecule has 2 amide bonds. The highest BCUT2D eigenvalue weighted by Gasteiger charge is 2.21. The highest BCUT2D eigenvalue weighted by atomic mass is 19.2. The second-order valence-electron chi connectivity index (χ2n) is 5.93. The first-order valence-corrected chi connectivity index (χ1v) is 6.78. The van der Waals surface area contributed by atoms with E-state index in [-0.39, 0.29) is 13.0 Å². The van der Waals surface area contributed by atoms with Gasteiger partial charge in [-0.2, -0.15) is 0 Å². The first-order valence-electron chi connectivity index (χ1n) is 6.78. The van der Waals surface area contributed by atoms with E-state index in [1.165, 1.54) is 6.07 Å². The largest absolute Gasteiger partial charge is 0.444 e. The third kappa shape index (κ3) is 6.07. The minimum atomic E-state index is -0.999. The van der Waals surface area contributed by atoms with Gasteiger partial charge in [-0.15, -0.1) is 0 Å². The fraction of sp³-hybridized carbons (Fsp3) is 0.467. The maximum Gasteiger partial charge on any atom is 0.407 e. The van der Waals surface area contributed by atoms with Crippen LogP contribution < -0.4 is 11.1 Å². The van der Waals surface area contributed by atoms with Crippen LogP contribution in [0.25, 0.3) is 0 Å². The molecule has 0 radical (unpaired) electrons. The van der Waals surface area contributed by atoms with Gasteiger partial charge in [-0.3, -0.25) is 4.79 Å². The molecule has 0 aliphatic rings. The predicted octanol–water partition coefficient (Wildman–Crippen LogP) is 2.13. The van der Waals surface area contributed by atoms with E-state index >= 15 is 0 Å². The third-order valence-electron chi connectivity index (χ3n) is 2.76. The molecule has 0 fully saturated rings. The summed E-state index contributed by atoms with van der Waals surface area (Å²) >= 11 is 0. The van der Waals surface area contributed by atoms with E-state index in [1.54, 1.807) is 20.8 Å². The van der Waals surface area contributed by atoms with Crippen molar-refractivity contribution in [2.75, 3.05) is 6.54 Å². The predicted molar refractivity (Wildman–Crippen MR) is 77.0 cm³/mol. The number of hydrogen-bond acceptors (Lipinski definition) is 3. The summed E-state index contributed by atoms with van der Waals surface area (Å²) in [5.74, 6) is -3.37. The molecule has 0 aliphatic carbocycles. The van der Waals surface area contributed by atoms with Crippen LogP contribution in [0.3, 0.4) is 0 Å². The number of benzene rings is 1. The molecule has 0 aliphatic heterocycles. The SMILES string of the molecule is CC(C)(C)OC(=O)NC[C@H](Cc1ccc(F)c(F)c1)C(N)=O. The number of carbonyl (C=O) groups is 2. The van der Waals surface area contributed by atoms with Gasteiger partial charge < -0.3 is 15.8 Å². The molecular weight excluding hydrogens is 294 g/mol. The zero-order chi connectivity index (χ0) is 16.9. The number of ether oxygens (including phenoxy) is 1. The van der Waals surface area contributed by atoms with Gasteiger partial charge in [-0.05, 0) is 44.9 Å². The first-order chi connectivity index (χ1) is 10.1. The van der Waals surface area contributed by atoms with Gasteiger partial charge in [0.2, 0.25) is 5.91 Å². The van der Waals surface area contributed by atoms with E-state index in [1.807, 2.05) is 0 Å². The smallest absolute Gasteiger partial charge is 0.407 e.